The van der Waals surface area contributed by atoms with Gasteiger partial charge in [-0.15, -0.1) is 0 Å². The van der Waals surface area contributed by atoms with Crippen LogP contribution in [-0.4, -0.2) is 10.9 Å². The number of hydrogen-bond acceptors (Lipinski definition) is 8. The van der Waals surface area contributed by atoms with E-state index in [1.165, 1.54) is 18.2 Å². The third kappa shape index (κ3) is 3.51. The number of aromatic hydroxyl groups is 1. The summed E-state index contributed by atoms with van der Waals surface area (Å²) in [6.07, 6.45) is -0.935. The van der Waals surface area contributed by atoms with Gasteiger partial charge in [-0.1, -0.05) is 35.5 Å². The molecule has 1 N–H and O–H groups in total. The molecule has 36 heavy (non-hydrogen) atoms. The van der Waals surface area contributed by atoms with Gasteiger partial charge in [0, 0.05) is 22.4 Å². The van der Waals surface area contributed by atoms with Gasteiger partial charge in [0.2, 0.25) is 6.23 Å². The van der Waals surface area contributed by atoms with Crippen molar-refractivity contribution in [3.8, 4) is 5.75 Å². The Balaban J connectivity index is 1.58. The summed E-state index contributed by atoms with van der Waals surface area (Å²) in [5.41, 5.74) is 3.11. The van der Waals surface area contributed by atoms with Crippen LogP contribution in [0, 0.1) is 13.8 Å². The van der Waals surface area contributed by atoms with Gasteiger partial charge < -0.3 is 18.8 Å². The summed E-state index contributed by atoms with van der Waals surface area (Å²) in [4.78, 5) is 32.7. The minimum atomic E-state index is -0.935. The highest BCUT2D eigenvalue weighted by molar-refractivity contribution is 6.12. The Morgan fingerprint density at radius 1 is 0.861 bits per heavy atom. The van der Waals surface area contributed by atoms with Crippen LogP contribution in [0.25, 0.3) is 21.9 Å². The number of hydrogen-bond donors (Lipinski definition) is 1. The first kappa shape index (κ1) is 21.7. The molecule has 2 aromatic heterocycles. The van der Waals surface area contributed by atoms with Crippen molar-refractivity contribution in [3.05, 3.63) is 116 Å². The van der Waals surface area contributed by atoms with E-state index in [4.69, 9.17) is 13.7 Å². The SMILES string of the molecule is Cc1cc2oc(=O)cc(C)c2cc1N1C(c2ccccc2)=NOC1c1cc2cc(O)ccc2oc1=O. The molecule has 0 spiro atoms. The Labute approximate surface area is 204 Å². The zero-order valence-corrected chi connectivity index (χ0v) is 19.4. The Hall–Kier alpha value is -4.85. The van der Waals surface area contributed by atoms with Crippen LogP contribution in [0.2, 0.25) is 0 Å². The van der Waals surface area contributed by atoms with E-state index in [-0.39, 0.29) is 11.3 Å². The number of phenols is 1. The molecule has 0 fully saturated rings. The van der Waals surface area contributed by atoms with Crippen molar-refractivity contribution < 1.29 is 18.8 Å². The second-order valence-corrected chi connectivity index (χ2v) is 8.70. The average molecular weight is 480 g/mol. The van der Waals surface area contributed by atoms with Crippen LogP contribution in [0.4, 0.5) is 5.69 Å². The summed E-state index contributed by atoms with van der Waals surface area (Å²) in [6, 6.07) is 20.8. The van der Waals surface area contributed by atoms with Gasteiger partial charge in [0.05, 0.1) is 5.69 Å². The van der Waals surface area contributed by atoms with Crippen LogP contribution < -0.4 is 16.2 Å². The predicted octanol–water partition coefficient (Wildman–Crippen LogP) is 5.12. The van der Waals surface area contributed by atoms with E-state index in [9.17, 15) is 14.7 Å². The first-order chi connectivity index (χ1) is 17.4. The molecule has 1 aliphatic rings. The summed E-state index contributed by atoms with van der Waals surface area (Å²) in [6.45, 7) is 3.73. The summed E-state index contributed by atoms with van der Waals surface area (Å²) in [5, 5.41) is 15.6. The standard InChI is InChI=1S/C28H20N2O6/c1-15-11-25(32)34-24-10-16(2)22(14-20(15)24)30-26(17-6-4-3-5-7-17)29-36-27(30)21-13-18-12-19(31)8-9-23(18)35-28(21)33/h3-14,27,31H,1-2H3. The predicted molar refractivity (Wildman–Crippen MR) is 135 cm³/mol. The van der Waals surface area contributed by atoms with Gasteiger partial charge in [-0.3, -0.25) is 4.90 Å². The molecule has 5 aromatic rings. The first-order valence-electron chi connectivity index (χ1n) is 11.3. The molecular weight excluding hydrogens is 460 g/mol. The fourth-order valence-electron chi connectivity index (χ4n) is 4.53. The molecule has 1 atom stereocenters. The maximum absolute atomic E-state index is 13.1. The third-order valence-corrected chi connectivity index (χ3v) is 6.27. The van der Waals surface area contributed by atoms with Gasteiger partial charge in [-0.25, -0.2) is 9.59 Å². The molecule has 3 aromatic carbocycles. The third-order valence-electron chi connectivity index (χ3n) is 6.27. The van der Waals surface area contributed by atoms with Gasteiger partial charge in [-0.2, -0.15) is 0 Å². The zero-order chi connectivity index (χ0) is 25.0. The van der Waals surface area contributed by atoms with Crippen LogP contribution in [0.3, 0.4) is 0 Å². The van der Waals surface area contributed by atoms with E-state index in [2.05, 4.69) is 5.16 Å². The van der Waals surface area contributed by atoms with Gasteiger partial charge in [-0.05, 0) is 61.4 Å². The summed E-state index contributed by atoms with van der Waals surface area (Å²) >= 11 is 0. The van der Waals surface area contributed by atoms with Crippen molar-refractivity contribution >= 4 is 33.5 Å². The summed E-state index contributed by atoms with van der Waals surface area (Å²) in [5.74, 6) is 0.559. The largest absolute Gasteiger partial charge is 0.508 e. The normalized spacial score (nSPS) is 15.3. The summed E-state index contributed by atoms with van der Waals surface area (Å²) in [7, 11) is 0. The highest BCUT2D eigenvalue weighted by Gasteiger charge is 2.37. The molecule has 0 saturated heterocycles. The molecule has 8 nitrogen and oxygen atoms in total. The number of oxime groups is 1. The second-order valence-electron chi connectivity index (χ2n) is 8.70. The quantitative estimate of drug-likeness (QED) is 0.357. The number of rotatable bonds is 3. The second kappa shape index (κ2) is 8.13. The van der Waals surface area contributed by atoms with Gasteiger partial charge >= 0.3 is 11.3 Å². The number of phenolic OH excluding ortho intramolecular Hbond substituents is 1. The number of benzene rings is 3. The van der Waals surface area contributed by atoms with Crippen molar-refractivity contribution in [3.63, 3.8) is 0 Å². The molecule has 8 heteroatoms. The molecule has 0 bridgehead atoms. The Kier molecular flexibility index (Phi) is 4.89. The van der Waals surface area contributed by atoms with E-state index >= 15 is 0 Å². The highest BCUT2D eigenvalue weighted by Crippen LogP contribution is 2.38. The van der Waals surface area contributed by atoms with Crippen molar-refractivity contribution in [2.75, 3.05) is 4.90 Å². The minimum absolute atomic E-state index is 0.0510. The van der Waals surface area contributed by atoms with Crippen molar-refractivity contribution in [1.29, 1.82) is 0 Å². The number of aryl methyl sites for hydroxylation is 2. The van der Waals surface area contributed by atoms with Gasteiger partial charge in [0.25, 0.3) is 0 Å². The van der Waals surface area contributed by atoms with Crippen molar-refractivity contribution in [2.45, 2.75) is 20.1 Å². The fourth-order valence-corrected chi connectivity index (χ4v) is 4.53. The molecule has 0 radical (unpaired) electrons. The molecule has 6 rings (SSSR count). The fraction of sp³-hybridized carbons (Fsp3) is 0.107. The molecule has 1 unspecified atom stereocenters. The minimum Gasteiger partial charge on any atom is -0.508 e. The molecule has 0 aliphatic carbocycles. The molecule has 0 saturated carbocycles. The van der Waals surface area contributed by atoms with Crippen LogP contribution in [0.5, 0.6) is 5.75 Å². The molecule has 3 heterocycles. The number of amidine groups is 1. The molecular formula is C28H20N2O6. The molecule has 178 valence electrons. The van der Waals surface area contributed by atoms with Crippen LogP contribution in [0.1, 0.15) is 28.5 Å². The Bertz CT molecular complexity index is 1800. The summed E-state index contributed by atoms with van der Waals surface area (Å²) < 4.78 is 11.0. The maximum atomic E-state index is 13.1. The van der Waals surface area contributed by atoms with E-state index in [0.29, 0.717) is 22.4 Å². The Morgan fingerprint density at radius 2 is 1.67 bits per heavy atom. The van der Waals surface area contributed by atoms with Gasteiger partial charge in [0.1, 0.15) is 22.5 Å². The monoisotopic (exact) mass is 480 g/mol. The lowest BCUT2D eigenvalue weighted by Gasteiger charge is -2.27. The topological polar surface area (TPSA) is 105 Å². The lowest BCUT2D eigenvalue weighted by Crippen LogP contribution is -2.34. The lowest BCUT2D eigenvalue weighted by atomic mass is 10.0. The smallest absolute Gasteiger partial charge is 0.345 e. The van der Waals surface area contributed by atoms with Crippen molar-refractivity contribution in [2.24, 2.45) is 5.16 Å². The first-order valence-corrected chi connectivity index (χ1v) is 11.3. The maximum Gasteiger partial charge on any atom is 0.345 e. The van der Waals surface area contributed by atoms with Gasteiger partial charge in [0.15, 0.2) is 5.84 Å². The van der Waals surface area contributed by atoms with Crippen LogP contribution in [-0.2, 0) is 4.84 Å². The average Bonchev–Trinajstić information content (AvgIpc) is 3.28. The van der Waals surface area contributed by atoms with Crippen molar-refractivity contribution in [1.82, 2.24) is 0 Å². The van der Waals surface area contributed by atoms with Crippen LogP contribution >= 0.6 is 0 Å². The number of anilines is 1. The lowest BCUT2D eigenvalue weighted by molar-refractivity contribution is 0.0844. The van der Waals surface area contributed by atoms with Crippen LogP contribution in [0.15, 0.2) is 96.4 Å². The van der Waals surface area contributed by atoms with E-state index in [1.54, 1.807) is 18.2 Å². The van der Waals surface area contributed by atoms with E-state index in [1.807, 2.05) is 55.1 Å². The molecule has 0 amide bonds. The molecule has 1 aliphatic heterocycles. The Morgan fingerprint density at radius 3 is 2.47 bits per heavy atom. The zero-order valence-electron chi connectivity index (χ0n) is 19.4. The van der Waals surface area contributed by atoms with E-state index < -0.39 is 17.5 Å². The highest BCUT2D eigenvalue weighted by atomic mass is 16.7. The number of nitrogens with zero attached hydrogens (tertiary/aromatic N) is 2. The van der Waals surface area contributed by atoms with E-state index in [0.717, 1.165) is 27.8 Å². The number of fused-ring (bicyclic) bond motifs is 2.